The zero-order valence-corrected chi connectivity index (χ0v) is 18.7. The minimum atomic E-state index is 0.110. The highest BCUT2D eigenvalue weighted by molar-refractivity contribution is 5.82. The van der Waals surface area contributed by atoms with Gasteiger partial charge in [0.05, 0.1) is 23.8 Å². The molecule has 1 aliphatic heterocycles. The predicted molar refractivity (Wildman–Crippen MR) is 130 cm³/mol. The summed E-state index contributed by atoms with van der Waals surface area (Å²) in [5.41, 5.74) is 17.2. The van der Waals surface area contributed by atoms with E-state index in [1.807, 2.05) is 6.92 Å². The van der Waals surface area contributed by atoms with Crippen molar-refractivity contribution in [3.8, 4) is 0 Å². The van der Waals surface area contributed by atoms with Crippen molar-refractivity contribution in [1.82, 2.24) is 15.0 Å². The van der Waals surface area contributed by atoms with E-state index in [0.29, 0.717) is 6.54 Å². The fourth-order valence-corrected chi connectivity index (χ4v) is 4.82. The summed E-state index contributed by atoms with van der Waals surface area (Å²) in [7, 11) is 0. The highest BCUT2D eigenvalue weighted by Crippen LogP contribution is 2.38. The van der Waals surface area contributed by atoms with Gasteiger partial charge in [0.1, 0.15) is 0 Å². The number of aryl methyl sites for hydroxylation is 2. The van der Waals surface area contributed by atoms with Crippen LogP contribution in [0.2, 0.25) is 0 Å². The van der Waals surface area contributed by atoms with Crippen LogP contribution in [0.15, 0.2) is 60.6 Å². The van der Waals surface area contributed by atoms with Gasteiger partial charge >= 0.3 is 0 Å². The van der Waals surface area contributed by atoms with Crippen molar-refractivity contribution in [3.63, 3.8) is 0 Å². The highest BCUT2D eigenvalue weighted by atomic mass is 15.4. The maximum atomic E-state index is 6.44. The van der Waals surface area contributed by atoms with E-state index in [4.69, 9.17) is 11.6 Å². The Hall–Kier alpha value is -3.51. The third kappa shape index (κ3) is 3.67. The molecule has 1 aromatic heterocycles. The Labute approximate surface area is 189 Å². The minimum absolute atomic E-state index is 0.110. The summed E-state index contributed by atoms with van der Waals surface area (Å²) in [5, 5.41) is 5.53. The van der Waals surface area contributed by atoms with Crippen LogP contribution in [0.4, 0.5) is 5.69 Å². The number of hydrogen-bond donors (Lipinski definition) is 4. The van der Waals surface area contributed by atoms with E-state index >= 15 is 0 Å². The van der Waals surface area contributed by atoms with Crippen LogP contribution >= 0.6 is 0 Å². The quantitative estimate of drug-likeness (QED) is 0.463. The fraction of sp³-hybridized carbons (Fsp3) is 0.269. The summed E-state index contributed by atoms with van der Waals surface area (Å²) in [5.74, 6) is 6.44. The van der Waals surface area contributed by atoms with Gasteiger partial charge in [0.15, 0.2) is 0 Å². The number of nitrogens with one attached hydrogen (secondary N) is 2. The monoisotopic (exact) mass is 426 g/mol. The summed E-state index contributed by atoms with van der Waals surface area (Å²) in [6, 6.07) is 15.3. The number of fused-ring (bicyclic) bond motifs is 2. The van der Waals surface area contributed by atoms with Gasteiger partial charge in [0, 0.05) is 34.8 Å². The largest absolute Gasteiger partial charge is 0.401 e. The number of rotatable bonds is 3. The number of aromatic nitrogens is 2. The van der Waals surface area contributed by atoms with E-state index in [1.54, 1.807) is 11.3 Å². The van der Waals surface area contributed by atoms with Gasteiger partial charge in [0.2, 0.25) is 0 Å². The zero-order chi connectivity index (χ0) is 22.2. The van der Waals surface area contributed by atoms with Crippen molar-refractivity contribution >= 4 is 17.0 Å². The van der Waals surface area contributed by atoms with Gasteiger partial charge in [-0.15, -0.1) is 0 Å². The molecule has 6 nitrogen and oxygen atoms in total. The maximum Gasteiger partial charge on any atom is 0.0929 e. The molecular weight excluding hydrogens is 396 g/mol. The minimum Gasteiger partial charge on any atom is -0.401 e. The second-order valence-electron chi connectivity index (χ2n) is 8.76. The standard InChI is InChI=1S/C26H30N6/c1-16-6-9-19(10-7-16)31-23-12-13-32(28)26(17(2)27)21-11-8-18(14-22(21)23)20-4-3-5-24-25(20)30-15-29-24/h4,6-11,14-15,23,31H,3,5,12-13,27-28H2,1-2H3,(H,29,30)/b26-17-. The molecule has 164 valence electrons. The van der Waals surface area contributed by atoms with Crippen molar-refractivity contribution in [2.24, 2.45) is 11.6 Å². The van der Waals surface area contributed by atoms with Gasteiger partial charge < -0.3 is 21.0 Å². The Morgan fingerprint density at radius 2 is 2.00 bits per heavy atom. The molecule has 32 heavy (non-hydrogen) atoms. The molecule has 1 atom stereocenters. The van der Waals surface area contributed by atoms with E-state index in [0.717, 1.165) is 47.6 Å². The molecule has 0 saturated heterocycles. The second-order valence-corrected chi connectivity index (χ2v) is 8.76. The molecule has 6 N–H and O–H groups in total. The van der Waals surface area contributed by atoms with Crippen LogP contribution in [0, 0.1) is 6.92 Å². The Balaban J connectivity index is 1.62. The summed E-state index contributed by atoms with van der Waals surface area (Å²) in [4.78, 5) is 7.89. The first-order valence-corrected chi connectivity index (χ1v) is 11.2. The lowest BCUT2D eigenvalue weighted by atomic mass is 9.89. The molecule has 2 heterocycles. The number of nitrogens with two attached hydrogens (primary N) is 2. The molecule has 1 unspecified atom stereocenters. The Kier molecular flexibility index (Phi) is 5.23. The van der Waals surface area contributed by atoms with E-state index in [1.165, 1.54) is 28.0 Å². The molecular formula is C26H30N6. The lowest BCUT2D eigenvalue weighted by molar-refractivity contribution is 0.402. The fourth-order valence-electron chi connectivity index (χ4n) is 4.82. The van der Waals surface area contributed by atoms with Gasteiger partial charge in [-0.25, -0.2) is 10.8 Å². The molecule has 2 aromatic carbocycles. The second kappa shape index (κ2) is 8.20. The Morgan fingerprint density at radius 3 is 2.78 bits per heavy atom. The highest BCUT2D eigenvalue weighted by Gasteiger charge is 2.27. The van der Waals surface area contributed by atoms with Crippen LogP contribution in [-0.2, 0) is 6.42 Å². The van der Waals surface area contributed by atoms with E-state index in [-0.39, 0.29) is 6.04 Å². The van der Waals surface area contributed by atoms with Crippen molar-refractivity contribution in [1.29, 1.82) is 0 Å². The molecule has 5 rings (SSSR count). The topological polar surface area (TPSA) is 96.0 Å². The van der Waals surface area contributed by atoms with Crippen molar-refractivity contribution < 1.29 is 0 Å². The summed E-state index contributed by atoms with van der Waals surface area (Å²) >= 11 is 0. The van der Waals surface area contributed by atoms with E-state index < -0.39 is 0 Å². The van der Waals surface area contributed by atoms with Crippen molar-refractivity contribution in [2.45, 2.75) is 39.2 Å². The molecule has 1 aliphatic carbocycles. The first-order valence-electron chi connectivity index (χ1n) is 11.2. The van der Waals surface area contributed by atoms with Crippen LogP contribution in [0.5, 0.6) is 0 Å². The molecule has 0 bridgehead atoms. The van der Waals surface area contributed by atoms with Crippen LogP contribution in [0.25, 0.3) is 11.3 Å². The molecule has 2 aliphatic rings. The lowest BCUT2D eigenvalue weighted by Crippen LogP contribution is -2.31. The van der Waals surface area contributed by atoms with E-state index in [9.17, 15) is 0 Å². The number of allylic oxidation sites excluding steroid dienone is 2. The number of hydrogen-bond acceptors (Lipinski definition) is 5. The number of nitrogens with zero attached hydrogens (tertiary/aromatic N) is 2. The van der Waals surface area contributed by atoms with Crippen LogP contribution in [0.3, 0.4) is 0 Å². The molecule has 0 radical (unpaired) electrons. The zero-order valence-electron chi connectivity index (χ0n) is 18.7. The number of benzene rings is 2. The molecule has 0 saturated carbocycles. The van der Waals surface area contributed by atoms with Crippen LogP contribution in [0.1, 0.15) is 59.4 Å². The third-order valence-electron chi connectivity index (χ3n) is 6.42. The number of aromatic amines is 1. The smallest absolute Gasteiger partial charge is 0.0929 e. The summed E-state index contributed by atoms with van der Waals surface area (Å²) < 4.78 is 0. The first kappa shape index (κ1) is 20.4. The number of hydrazine groups is 1. The average molecular weight is 427 g/mol. The molecule has 0 spiro atoms. The third-order valence-corrected chi connectivity index (χ3v) is 6.42. The van der Waals surface area contributed by atoms with Gasteiger partial charge in [-0.3, -0.25) is 0 Å². The van der Waals surface area contributed by atoms with Crippen molar-refractivity contribution in [3.05, 3.63) is 94.2 Å². The number of anilines is 1. The van der Waals surface area contributed by atoms with E-state index in [2.05, 4.69) is 70.7 Å². The Morgan fingerprint density at radius 1 is 1.19 bits per heavy atom. The molecule has 0 amide bonds. The Bertz CT molecular complexity index is 1200. The van der Waals surface area contributed by atoms with Gasteiger partial charge in [-0.1, -0.05) is 35.9 Å². The average Bonchev–Trinajstić information content (AvgIpc) is 3.22. The first-order chi connectivity index (χ1) is 15.5. The molecule has 0 fully saturated rings. The summed E-state index contributed by atoms with van der Waals surface area (Å²) in [6.45, 7) is 4.73. The van der Waals surface area contributed by atoms with Gasteiger partial charge in [0.25, 0.3) is 0 Å². The van der Waals surface area contributed by atoms with Gasteiger partial charge in [-0.05, 0) is 62.4 Å². The summed E-state index contributed by atoms with van der Waals surface area (Å²) in [6.07, 6.45) is 6.97. The van der Waals surface area contributed by atoms with Gasteiger partial charge in [-0.2, -0.15) is 0 Å². The lowest BCUT2D eigenvalue weighted by Gasteiger charge is -2.23. The van der Waals surface area contributed by atoms with Crippen LogP contribution in [-0.4, -0.2) is 21.5 Å². The maximum absolute atomic E-state index is 6.44. The number of imidazole rings is 1. The molecule has 6 heteroatoms. The van der Waals surface area contributed by atoms with Crippen LogP contribution < -0.4 is 16.9 Å². The predicted octanol–water partition coefficient (Wildman–Crippen LogP) is 4.48. The molecule has 3 aromatic rings. The normalized spacial score (nSPS) is 19.5. The SMILES string of the molecule is C/C(N)=C1\c2ccc(C3=CCCc4[nH]cnc43)cc2C(Nc2ccc(C)cc2)CCN1N. The van der Waals surface area contributed by atoms with Crippen molar-refractivity contribution in [2.75, 3.05) is 11.9 Å². The number of H-pyrrole nitrogens is 1.